The minimum Gasteiger partial charge on any atom is -0.465 e. The van der Waals surface area contributed by atoms with E-state index in [1.165, 1.54) is 31.4 Å². The molecule has 1 aromatic rings. The maximum absolute atomic E-state index is 11.3. The standard InChI is InChI=1S/C10H10O4S/c1-3-15(12,13)9-6-4-8(5-7-9)10(11)14-2/h3-7H,1H2,2H3. The Balaban J connectivity index is 3.11. The van der Waals surface area contributed by atoms with Gasteiger partial charge in [-0.3, -0.25) is 0 Å². The average molecular weight is 226 g/mol. The topological polar surface area (TPSA) is 60.4 Å². The molecule has 80 valence electrons. The van der Waals surface area contributed by atoms with E-state index in [-0.39, 0.29) is 4.90 Å². The van der Waals surface area contributed by atoms with Crippen LogP contribution in [0.3, 0.4) is 0 Å². The van der Waals surface area contributed by atoms with Crippen LogP contribution in [0.5, 0.6) is 0 Å². The summed E-state index contributed by atoms with van der Waals surface area (Å²) in [5, 5.41) is 0.861. The van der Waals surface area contributed by atoms with E-state index in [0.29, 0.717) is 5.56 Å². The Morgan fingerprint density at radius 3 is 2.27 bits per heavy atom. The van der Waals surface area contributed by atoms with E-state index >= 15 is 0 Å². The number of benzene rings is 1. The summed E-state index contributed by atoms with van der Waals surface area (Å²) in [7, 11) is -2.17. The number of sulfone groups is 1. The van der Waals surface area contributed by atoms with E-state index in [4.69, 9.17) is 0 Å². The molecule has 0 saturated heterocycles. The van der Waals surface area contributed by atoms with Crippen LogP contribution in [0.4, 0.5) is 0 Å². The molecule has 0 bridgehead atoms. The maximum atomic E-state index is 11.3. The molecule has 0 radical (unpaired) electrons. The number of carbonyl (C=O) groups is 1. The van der Waals surface area contributed by atoms with Gasteiger partial charge in [0.05, 0.1) is 17.6 Å². The summed E-state index contributed by atoms with van der Waals surface area (Å²) in [5.41, 5.74) is 0.306. The maximum Gasteiger partial charge on any atom is 0.337 e. The van der Waals surface area contributed by atoms with Crippen LogP contribution in [-0.4, -0.2) is 21.5 Å². The summed E-state index contributed by atoms with van der Waals surface area (Å²) in [6.07, 6.45) is 0. The Kier molecular flexibility index (Phi) is 3.26. The minimum absolute atomic E-state index is 0.102. The number of rotatable bonds is 3. The molecule has 0 heterocycles. The summed E-state index contributed by atoms with van der Waals surface area (Å²) in [6.45, 7) is 3.20. The van der Waals surface area contributed by atoms with Gasteiger partial charge in [0.2, 0.25) is 0 Å². The quantitative estimate of drug-likeness (QED) is 0.731. The lowest BCUT2D eigenvalue weighted by atomic mass is 10.2. The first-order chi connectivity index (χ1) is 7.01. The molecule has 0 aromatic heterocycles. The van der Waals surface area contributed by atoms with Crippen LogP contribution in [0, 0.1) is 0 Å². The minimum atomic E-state index is -3.44. The molecule has 15 heavy (non-hydrogen) atoms. The average Bonchev–Trinajstić information content (AvgIpc) is 2.28. The van der Waals surface area contributed by atoms with Crippen LogP contribution in [0.2, 0.25) is 0 Å². The zero-order valence-electron chi connectivity index (χ0n) is 8.14. The van der Waals surface area contributed by atoms with Gasteiger partial charge < -0.3 is 4.74 Å². The number of carbonyl (C=O) groups excluding carboxylic acids is 1. The normalized spacial score (nSPS) is 10.7. The number of hydrogen-bond donors (Lipinski definition) is 0. The molecule has 1 aromatic carbocycles. The first-order valence-electron chi connectivity index (χ1n) is 4.07. The van der Waals surface area contributed by atoms with Gasteiger partial charge in [0, 0.05) is 5.41 Å². The van der Waals surface area contributed by atoms with Crippen LogP contribution in [0.15, 0.2) is 41.1 Å². The predicted octanol–water partition coefficient (Wildman–Crippen LogP) is 1.39. The first-order valence-corrected chi connectivity index (χ1v) is 5.62. The van der Waals surface area contributed by atoms with Crippen LogP contribution in [-0.2, 0) is 14.6 Å². The summed E-state index contributed by atoms with van der Waals surface area (Å²) < 4.78 is 27.1. The molecule has 0 aliphatic rings. The lowest BCUT2D eigenvalue weighted by Crippen LogP contribution is -2.02. The molecular formula is C10H10O4S. The van der Waals surface area contributed by atoms with Crippen LogP contribution in [0.1, 0.15) is 10.4 Å². The Labute approximate surface area is 88.1 Å². The fourth-order valence-electron chi connectivity index (χ4n) is 0.995. The van der Waals surface area contributed by atoms with E-state index in [1.54, 1.807) is 0 Å². The summed E-state index contributed by atoms with van der Waals surface area (Å²) >= 11 is 0. The van der Waals surface area contributed by atoms with E-state index in [9.17, 15) is 13.2 Å². The van der Waals surface area contributed by atoms with Gasteiger partial charge in [0.15, 0.2) is 9.84 Å². The zero-order valence-corrected chi connectivity index (χ0v) is 8.95. The smallest absolute Gasteiger partial charge is 0.337 e. The van der Waals surface area contributed by atoms with E-state index in [2.05, 4.69) is 11.3 Å². The third-order valence-electron chi connectivity index (χ3n) is 1.82. The highest BCUT2D eigenvalue weighted by molar-refractivity contribution is 7.94. The largest absolute Gasteiger partial charge is 0.465 e. The van der Waals surface area contributed by atoms with Crippen molar-refractivity contribution in [3.63, 3.8) is 0 Å². The van der Waals surface area contributed by atoms with Crippen molar-refractivity contribution in [1.29, 1.82) is 0 Å². The fraction of sp³-hybridized carbons (Fsp3) is 0.100. The van der Waals surface area contributed by atoms with Crippen molar-refractivity contribution in [1.82, 2.24) is 0 Å². The van der Waals surface area contributed by atoms with Crippen molar-refractivity contribution in [2.75, 3.05) is 7.11 Å². The molecule has 0 unspecified atom stereocenters. The number of hydrogen-bond acceptors (Lipinski definition) is 4. The third-order valence-corrected chi connectivity index (χ3v) is 3.19. The number of esters is 1. The monoisotopic (exact) mass is 226 g/mol. The van der Waals surface area contributed by atoms with Gasteiger partial charge in [0.25, 0.3) is 0 Å². The van der Waals surface area contributed by atoms with Gasteiger partial charge in [-0.05, 0) is 24.3 Å². The lowest BCUT2D eigenvalue weighted by molar-refractivity contribution is 0.0600. The molecule has 0 aliphatic heterocycles. The van der Waals surface area contributed by atoms with Gasteiger partial charge in [-0.15, -0.1) is 0 Å². The van der Waals surface area contributed by atoms with Gasteiger partial charge in [-0.1, -0.05) is 6.58 Å². The Morgan fingerprint density at radius 1 is 1.33 bits per heavy atom. The molecule has 0 fully saturated rings. The molecule has 0 N–H and O–H groups in total. The van der Waals surface area contributed by atoms with E-state index in [0.717, 1.165) is 5.41 Å². The van der Waals surface area contributed by atoms with Crippen LogP contribution >= 0.6 is 0 Å². The highest BCUT2D eigenvalue weighted by Gasteiger charge is 2.10. The molecule has 0 saturated carbocycles. The summed E-state index contributed by atoms with van der Waals surface area (Å²) in [4.78, 5) is 11.2. The fourth-order valence-corrected chi connectivity index (χ4v) is 1.70. The highest BCUT2D eigenvalue weighted by Crippen LogP contribution is 2.13. The molecule has 1 rings (SSSR count). The zero-order chi connectivity index (χ0) is 11.5. The molecule has 4 nitrogen and oxygen atoms in total. The SMILES string of the molecule is C=CS(=O)(=O)c1ccc(C(=O)OC)cc1. The molecule has 0 spiro atoms. The second-order valence-electron chi connectivity index (χ2n) is 2.73. The van der Waals surface area contributed by atoms with Gasteiger partial charge in [0.1, 0.15) is 0 Å². The van der Waals surface area contributed by atoms with Crippen molar-refractivity contribution in [3.8, 4) is 0 Å². The molecule has 0 amide bonds. The van der Waals surface area contributed by atoms with Crippen LogP contribution < -0.4 is 0 Å². The summed E-state index contributed by atoms with van der Waals surface area (Å²) in [5.74, 6) is -0.502. The number of ether oxygens (including phenoxy) is 1. The summed E-state index contributed by atoms with van der Waals surface area (Å²) in [6, 6.07) is 5.46. The Bertz CT molecular complexity index is 471. The molecule has 0 aliphatic carbocycles. The molecule has 0 atom stereocenters. The Hall–Kier alpha value is -1.62. The second-order valence-corrected chi connectivity index (χ2v) is 4.62. The second kappa shape index (κ2) is 4.27. The van der Waals surface area contributed by atoms with E-state index < -0.39 is 15.8 Å². The van der Waals surface area contributed by atoms with Crippen LogP contribution in [0.25, 0.3) is 0 Å². The first kappa shape index (κ1) is 11.5. The van der Waals surface area contributed by atoms with Crippen molar-refractivity contribution >= 4 is 15.8 Å². The molecule has 5 heteroatoms. The van der Waals surface area contributed by atoms with Gasteiger partial charge in [-0.2, -0.15) is 0 Å². The van der Waals surface area contributed by atoms with Gasteiger partial charge >= 0.3 is 5.97 Å². The highest BCUT2D eigenvalue weighted by atomic mass is 32.2. The predicted molar refractivity (Wildman–Crippen MR) is 55.2 cm³/mol. The third kappa shape index (κ3) is 2.44. The van der Waals surface area contributed by atoms with Crippen molar-refractivity contribution in [2.45, 2.75) is 4.90 Å². The van der Waals surface area contributed by atoms with E-state index in [1.807, 2.05) is 0 Å². The Morgan fingerprint density at radius 2 is 1.87 bits per heavy atom. The number of methoxy groups -OCH3 is 1. The molecular weight excluding hydrogens is 216 g/mol. The van der Waals surface area contributed by atoms with Crippen molar-refractivity contribution < 1.29 is 17.9 Å². The van der Waals surface area contributed by atoms with Crippen molar-refractivity contribution in [2.24, 2.45) is 0 Å². The van der Waals surface area contributed by atoms with Gasteiger partial charge in [-0.25, -0.2) is 13.2 Å². The van der Waals surface area contributed by atoms with Crippen molar-refractivity contribution in [3.05, 3.63) is 41.8 Å². The lowest BCUT2D eigenvalue weighted by Gasteiger charge is -2.01.